The van der Waals surface area contributed by atoms with Gasteiger partial charge in [0, 0.05) is 18.7 Å². The summed E-state index contributed by atoms with van der Waals surface area (Å²) in [5.74, 6) is -0.302. The molecular formula is C23H33NO3. The van der Waals surface area contributed by atoms with Crippen molar-refractivity contribution in [2.45, 2.75) is 64.7 Å². The Morgan fingerprint density at radius 2 is 1.78 bits per heavy atom. The van der Waals surface area contributed by atoms with E-state index in [9.17, 15) is 9.59 Å². The molecule has 0 fully saturated rings. The topological polar surface area (TPSA) is 46.6 Å². The van der Waals surface area contributed by atoms with Crippen LogP contribution in [-0.2, 0) is 14.9 Å². The van der Waals surface area contributed by atoms with Gasteiger partial charge in [-0.1, -0.05) is 44.6 Å². The molecule has 0 saturated carbocycles. The Kier molecular flexibility index (Phi) is 7.64. The van der Waals surface area contributed by atoms with Crippen LogP contribution in [0.4, 0.5) is 0 Å². The first kappa shape index (κ1) is 21.2. The molecule has 0 N–H and O–H groups in total. The van der Waals surface area contributed by atoms with Crippen molar-refractivity contribution >= 4 is 11.9 Å². The van der Waals surface area contributed by atoms with Gasteiger partial charge in [0.15, 0.2) is 0 Å². The number of rotatable bonds is 7. The summed E-state index contributed by atoms with van der Waals surface area (Å²) in [5, 5.41) is 0. The highest BCUT2D eigenvalue weighted by Crippen LogP contribution is 2.23. The van der Waals surface area contributed by atoms with Gasteiger partial charge in [0.1, 0.15) is 0 Å². The maximum absolute atomic E-state index is 13.0. The first-order valence-electron chi connectivity index (χ1n) is 9.96. The maximum Gasteiger partial charge on any atom is 0.307 e. The van der Waals surface area contributed by atoms with Crippen LogP contribution in [0.2, 0.25) is 0 Å². The standard InChI is InChI=1S/C23H33NO3/c1-23(2,3)20-12-10-19(11-13-20)22(26)24(17-15-21(25)27-4)16-14-18-8-6-5-7-9-18/h8,10-13H,5-7,9,14-17H2,1-4H3. The molecule has 0 aromatic heterocycles. The van der Waals surface area contributed by atoms with Crippen LogP contribution in [0.1, 0.15) is 75.2 Å². The second-order valence-electron chi connectivity index (χ2n) is 8.30. The summed E-state index contributed by atoms with van der Waals surface area (Å²) in [6, 6.07) is 7.84. The average molecular weight is 372 g/mol. The molecule has 0 saturated heterocycles. The van der Waals surface area contributed by atoms with E-state index in [4.69, 9.17) is 4.74 Å². The van der Waals surface area contributed by atoms with Crippen molar-refractivity contribution in [3.05, 3.63) is 47.0 Å². The van der Waals surface area contributed by atoms with Gasteiger partial charge in [-0.3, -0.25) is 9.59 Å². The van der Waals surface area contributed by atoms with Gasteiger partial charge in [-0.25, -0.2) is 0 Å². The van der Waals surface area contributed by atoms with E-state index in [1.165, 1.54) is 31.1 Å². The summed E-state index contributed by atoms with van der Waals surface area (Å²) >= 11 is 0. The third kappa shape index (κ3) is 6.53. The van der Waals surface area contributed by atoms with Crippen molar-refractivity contribution in [3.63, 3.8) is 0 Å². The summed E-state index contributed by atoms with van der Waals surface area (Å²) in [5.41, 5.74) is 3.36. The summed E-state index contributed by atoms with van der Waals surface area (Å²) < 4.78 is 4.75. The number of esters is 1. The van der Waals surface area contributed by atoms with E-state index in [0.29, 0.717) is 18.7 Å². The Morgan fingerprint density at radius 1 is 1.07 bits per heavy atom. The molecular weight excluding hydrogens is 338 g/mol. The molecule has 0 heterocycles. The fraction of sp³-hybridized carbons (Fsp3) is 0.565. The van der Waals surface area contributed by atoms with E-state index in [1.807, 2.05) is 24.3 Å². The molecule has 148 valence electrons. The van der Waals surface area contributed by atoms with Gasteiger partial charge in [0.2, 0.25) is 0 Å². The van der Waals surface area contributed by atoms with Crippen LogP contribution >= 0.6 is 0 Å². The van der Waals surface area contributed by atoms with Crippen molar-refractivity contribution < 1.29 is 14.3 Å². The summed E-state index contributed by atoms with van der Waals surface area (Å²) in [6.07, 6.45) is 8.17. The Bertz CT molecular complexity index is 668. The minimum Gasteiger partial charge on any atom is -0.469 e. The molecule has 0 unspecified atom stereocenters. The molecule has 27 heavy (non-hydrogen) atoms. The number of methoxy groups -OCH3 is 1. The zero-order valence-electron chi connectivity index (χ0n) is 17.2. The third-order valence-corrected chi connectivity index (χ3v) is 5.19. The molecule has 0 bridgehead atoms. The predicted molar refractivity (Wildman–Crippen MR) is 109 cm³/mol. The highest BCUT2D eigenvalue weighted by Gasteiger charge is 2.19. The lowest BCUT2D eigenvalue weighted by molar-refractivity contribution is -0.140. The Labute approximate surface area is 163 Å². The molecule has 2 rings (SSSR count). The van der Waals surface area contributed by atoms with Gasteiger partial charge < -0.3 is 9.64 Å². The van der Waals surface area contributed by atoms with E-state index in [2.05, 4.69) is 26.8 Å². The molecule has 0 atom stereocenters. The van der Waals surface area contributed by atoms with Gasteiger partial charge in [0.25, 0.3) is 5.91 Å². The third-order valence-electron chi connectivity index (χ3n) is 5.19. The smallest absolute Gasteiger partial charge is 0.307 e. The second kappa shape index (κ2) is 9.72. The Morgan fingerprint density at radius 3 is 2.33 bits per heavy atom. The Balaban J connectivity index is 2.08. The van der Waals surface area contributed by atoms with Gasteiger partial charge >= 0.3 is 5.97 Å². The number of nitrogens with zero attached hydrogens (tertiary/aromatic N) is 1. The van der Waals surface area contributed by atoms with Crippen molar-refractivity contribution in [2.75, 3.05) is 20.2 Å². The van der Waals surface area contributed by atoms with Crippen molar-refractivity contribution in [2.24, 2.45) is 0 Å². The number of allylic oxidation sites excluding steroid dienone is 1. The SMILES string of the molecule is COC(=O)CCN(CCC1=CCCCC1)C(=O)c1ccc(C(C)(C)C)cc1. The fourth-order valence-electron chi connectivity index (χ4n) is 3.35. The molecule has 1 aliphatic rings. The lowest BCUT2D eigenvalue weighted by atomic mass is 9.86. The molecule has 0 aliphatic heterocycles. The number of ether oxygens (including phenoxy) is 1. The van der Waals surface area contributed by atoms with Crippen molar-refractivity contribution in [3.8, 4) is 0 Å². The summed E-state index contributed by atoms with van der Waals surface area (Å²) in [7, 11) is 1.38. The van der Waals surface area contributed by atoms with Crippen LogP contribution in [0.25, 0.3) is 0 Å². The molecule has 4 nitrogen and oxygen atoms in total. The van der Waals surface area contributed by atoms with Crippen LogP contribution in [0.5, 0.6) is 0 Å². The van der Waals surface area contributed by atoms with Crippen molar-refractivity contribution in [1.29, 1.82) is 0 Å². The molecule has 1 aromatic rings. The number of amides is 1. The number of hydrogen-bond donors (Lipinski definition) is 0. The van der Waals surface area contributed by atoms with E-state index in [-0.39, 0.29) is 23.7 Å². The average Bonchev–Trinajstić information content (AvgIpc) is 2.67. The lowest BCUT2D eigenvalue weighted by Gasteiger charge is -2.25. The highest BCUT2D eigenvalue weighted by atomic mass is 16.5. The van der Waals surface area contributed by atoms with Gasteiger partial charge in [-0.05, 0) is 55.2 Å². The Hall–Kier alpha value is -2.10. The van der Waals surface area contributed by atoms with E-state index in [0.717, 1.165) is 19.3 Å². The molecule has 1 aliphatic carbocycles. The quantitative estimate of drug-likeness (QED) is 0.507. The minimum absolute atomic E-state index is 0.0178. The van der Waals surface area contributed by atoms with Gasteiger partial charge in [-0.15, -0.1) is 0 Å². The van der Waals surface area contributed by atoms with Gasteiger partial charge in [0.05, 0.1) is 13.5 Å². The van der Waals surface area contributed by atoms with Crippen molar-refractivity contribution in [1.82, 2.24) is 4.90 Å². The molecule has 1 aromatic carbocycles. The number of carbonyl (C=O) groups excluding carboxylic acids is 2. The van der Waals surface area contributed by atoms with Gasteiger partial charge in [-0.2, -0.15) is 0 Å². The van der Waals surface area contributed by atoms with E-state index >= 15 is 0 Å². The monoisotopic (exact) mass is 371 g/mol. The number of hydrogen-bond acceptors (Lipinski definition) is 3. The predicted octanol–water partition coefficient (Wildman–Crippen LogP) is 4.88. The zero-order valence-corrected chi connectivity index (χ0v) is 17.2. The normalized spacial score (nSPS) is 14.4. The highest BCUT2D eigenvalue weighted by molar-refractivity contribution is 5.94. The second-order valence-corrected chi connectivity index (χ2v) is 8.30. The molecule has 4 heteroatoms. The van der Waals surface area contributed by atoms with Crippen LogP contribution < -0.4 is 0 Å². The summed E-state index contributed by atoms with van der Waals surface area (Å²) in [6.45, 7) is 7.50. The fourth-order valence-corrected chi connectivity index (χ4v) is 3.35. The largest absolute Gasteiger partial charge is 0.469 e. The number of benzene rings is 1. The lowest BCUT2D eigenvalue weighted by Crippen LogP contribution is -2.34. The maximum atomic E-state index is 13.0. The first-order chi connectivity index (χ1) is 12.8. The van der Waals surface area contributed by atoms with Crippen LogP contribution in [0.15, 0.2) is 35.9 Å². The molecule has 0 radical (unpaired) electrons. The van der Waals surface area contributed by atoms with Crippen LogP contribution in [0, 0.1) is 0 Å². The number of carbonyl (C=O) groups is 2. The van der Waals surface area contributed by atoms with Crippen LogP contribution in [0.3, 0.4) is 0 Å². The van der Waals surface area contributed by atoms with E-state index < -0.39 is 0 Å². The minimum atomic E-state index is -0.284. The molecule has 1 amide bonds. The molecule has 0 spiro atoms. The zero-order chi connectivity index (χ0) is 19.9. The summed E-state index contributed by atoms with van der Waals surface area (Å²) in [4.78, 5) is 26.4. The van der Waals surface area contributed by atoms with Crippen LogP contribution in [-0.4, -0.2) is 37.0 Å². The first-order valence-corrected chi connectivity index (χ1v) is 9.96. The van der Waals surface area contributed by atoms with E-state index in [1.54, 1.807) is 4.90 Å².